The molecule has 0 aromatic rings. The fourth-order valence-corrected chi connectivity index (χ4v) is 4.73. The van der Waals surface area contributed by atoms with Crippen LogP contribution in [-0.2, 0) is 9.84 Å². The molecule has 0 aromatic heterocycles. The summed E-state index contributed by atoms with van der Waals surface area (Å²) >= 11 is 0. The third-order valence-corrected chi connectivity index (χ3v) is 5.62. The zero-order valence-corrected chi connectivity index (χ0v) is 11.5. The van der Waals surface area contributed by atoms with E-state index in [4.69, 9.17) is 0 Å². The van der Waals surface area contributed by atoms with Gasteiger partial charge in [-0.05, 0) is 32.4 Å². The van der Waals surface area contributed by atoms with Crippen molar-refractivity contribution >= 4 is 9.84 Å². The van der Waals surface area contributed by atoms with E-state index in [1.54, 1.807) is 0 Å². The maximum absolute atomic E-state index is 11.5. The molecule has 2 atom stereocenters. The molecule has 0 aliphatic carbocycles. The van der Waals surface area contributed by atoms with Crippen molar-refractivity contribution in [3.05, 3.63) is 0 Å². The second kappa shape index (κ2) is 5.67. The predicted octanol–water partition coefficient (Wildman–Crippen LogP) is 0.638. The zero-order valence-electron chi connectivity index (χ0n) is 10.7. The lowest BCUT2D eigenvalue weighted by molar-refractivity contribution is 0.205. The first-order valence-corrected chi connectivity index (χ1v) is 8.61. The summed E-state index contributed by atoms with van der Waals surface area (Å²) < 4.78 is 23.1. The van der Waals surface area contributed by atoms with Crippen LogP contribution >= 0.6 is 0 Å². The van der Waals surface area contributed by atoms with Gasteiger partial charge in [0.15, 0.2) is 9.84 Å². The molecule has 2 fully saturated rings. The SMILES string of the molecule is CCCC1CN(C2CCS(=O)(=O)C2)CCCN1. The minimum atomic E-state index is -2.75. The van der Waals surface area contributed by atoms with Crippen LogP contribution in [-0.4, -0.2) is 56.5 Å². The molecule has 4 nitrogen and oxygen atoms in total. The Bertz CT molecular complexity index is 342. The van der Waals surface area contributed by atoms with E-state index >= 15 is 0 Å². The number of rotatable bonds is 3. The van der Waals surface area contributed by atoms with Gasteiger partial charge >= 0.3 is 0 Å². The summed E-state index contributed by atoms with van der Waals surface area (Å²) in [5, 5.41) is 3.57. The lowest BCUT2D eigenvalue weighted by Gasteiger charge is -2.29. The molecular weight excluding hydrogens is 236 g/mol. The van der Waals surface area contributed by atoms with Gasteiger partial charge in [-0.2, -0.15) is 0 Å². The molecule has 17 heavy (non-hydrogen) atoms. The van der Waals surface area contributed by atoms with Crippen molar-refractivity contribution in [1.82, 2.24) is 10.2 Å². The second-order valence-electron chi connectivity index (χ2n) is 5.35. The molecule has 2 unspecified atom stereocenters. The van der Waals surface area contributed by atoms with E-state index in [2.05, 4.69) is 17.1 Å². The Morgan fingerprint density at radius 3 is 2.88 bits per heavy atom. The third-order valence-electron chi connectivity index (χ3n) is 3.87. The van der Waals surface area contributed by atoms with Gasteiger partial charge in [0.05, 0.1) is 11.5 Å². The molecule has 0 amide bonds. The highest BCUT2D eigenvalue weighted by molar-refractivity contribution is 7.91. The van der Waals surface area contributed by atoms with Crippen molar-refractivity contribution in [2.45, 2.75) is 44.7 Å². The van der Waals surface area contributed by atoms with Crippen molar-refractivity contribution in [1.29, 1.82) is 0 Å². The van der Waals surface area contributed by atoms with Gasteiger partial charge in [-0.3, -0.25) is 4.90 Å². The fraction of sp³-hybridized carbons (Fsp3) is 1.00. The average molecular weight is 260 g/mol. The molecule has 2 saturated heterocycles. The summed E-state index contributed by atoms with van der Waals surface area (Å²) in [6.07, 6.45) is 4.35. The number of sulfone groups is 1. The van der Waals surface area contributed by atoms with Crippen molar-refractivity contribution in [3.8, 4) is 0 Å². The van der Waals surface area contributed by atoms with Gasteiger partial charge in [0.1, 0.15) is 0 Å². The largest absolute Gasteiger partial charge is 0.313 e. The summed E-state index contributed by atoms with van der Waals surface area (Å²) in [7, 11) is -2.75. The fourth-order valence-electron chi connectivity index (χ4n) is 2.96. The van der Waals surface area contributed by atoms with E-state index in [0.29, 0.717) is 17.5 Å². The standard InChI is InChI=1S/C12H24N2O2S/c1-2-4-11-9-14(7-3-6-13-11)12-5-8-17(15,16)10-12/h11-13H,2-10H2,1H3. The summed E-state index contributed by atoms with van der Waals surface area (Å²) in [5.41, 5.74) is 0. The van der Waals surface area contributed by atoms with Crippen molar-refractivity contribution in [3.63, 3.8) is 0 Å². The Labute approximate surface area is 105 Å². The highest BCUT2D eigenvalue weighted by atomic mass is 32.2. The van der Waals surface area contributed by atoms with E-state index < -0.39 is 9.84 Å². The first kappa shape index (κ1) is 13.3. The Balaban J connectivity index is 1.95. The molecule has 0 aromatic carbocycles. The van der Waals surface area contributed by atoms with Crippen molar-refractivity contribution in [2.24, 2.45) is 0 Å². The molecule has 0 saturated carbocycles. The maximum atomic E-state index is 11.5. The zero-order chi connectivity index (χ0) is 12.3. The quantitative estimate of drug-likeness (QED) is 0.809. The molecule has 5 heteroatoms. The predicted molar refractivity (Wildman–Crippen MR) is 69.9 cm³/mol. The van der Waals surface area contributed by atoms with E-state index in [9.17, 15) is 8.42 Å². The van der Waals surface area contributed by atoms with E-state index in [1.807, 2.05) is 0 Å². The monoisotopic (exact) mass is 260 g/mol. The molecule has 2 aliphatic rings. The third kappa shape index (κ3) is 3.66. The van der Waals surface area contributed by atoms with Crippen LogP contribution in [0.2, 0.25) is 0 Å². The first-order chi connectivity index (χ1) is 8.11. The molecule has 0 bridgehead atoms. The molecule has 100 valence electrons. The van der Waals surface area contributed by atoms with Gasteiger partial charge < -0.3 is 5.32 Å². The topological polar surface area (TPSA) is 49.4 Å². The van der Waals surface area contributed by atoms with Gasteiger partial charge in [-0.25, -0.2) is 8.42 Å². The Kier molecular flexibility index (Phi) is 4.44. The number of nitrogens with one attached hydrogen (secondary N) is 1. The number of hydrogen-bond acceptors (Lipinski definition) is 4. The van der Waals surface area contributed by atoms with Crippen molar-refractivity contribution in [2.75, 3.05) is 31.1 Å². The minimum absolute atomic E-state index is 0.277. The molecule has 2 heterocycles. The highest BCUT2D eigenvalue weighted by Gasteiger charge is 2.33. The molecule has 2 rings (SSSR count). The van der Waals surface area contributed by atoms with E-state index in [1.165, 1.54) is 12.8 Å². The Morgan fingerprint density at radius 1 is 1.41 bits per heavy atom. The maximum Gasteiger partial charge on any atom is 0.151 e. The smallest absolute Gasteiger partial charge is 0.151 e. The van der Waals surface area contributed by atoms with Crippen LogP contribution in [0.5, 0.6) is 0 Å². The molecule has 0 spiro atoms. The van der Waals surface area contributed by atoms with Gasteiger partial charge in [-0.1, -0.05) is 13.3 Å². The first-order valence-electron chi connectivity index (χ1n) is 6.78. The molecular formula is C12H24N2O2S. The molecule has 0 radical (unpaired) electrons. The number of nitrogens with zero attached hydrogens (tertiary/aromatic N) is 1. The van der Waals surface area contributed by atoms with E-state index in [-0.39, 0.29) is 6.04 Å². The average Bonchev–Trinajstić information content (AvgIpc) is 2.50. The van der Waals surface area contributed by atoms with Crippen LogP contribution in [0.4, 0.5) is 0 Å². The summed E-state index contributed by atoms with van der Waals surface area (Å²) in [6, 6.07) is 0.824. The molecule has 2 aliphatic heterocycles. The van der Waals surface area contributed by atoms with Crippen LogP contribution in [0.15, 0.2) is 0 Å². The van der Waals surface area contributed by atoms with Gasteiger partial charge in [0.25, 0.3) is 0 Å². The van der Waals surface area contributed by atoms with Crippen LogP contribution in [0.25, 0.3) is 0 Å². The van der Waals surface area contributed by atoms with Gasteiger partial charge in [0, 0.05) is 18.6 Å². The van der Waals surface area contributed by atoms with Crippen LogP contribution in [0.3, 0.4) is 0 Å². The normalized spacial score (nSPS) is 34.6. The molecule has 1 N–H and O–H groups in total. The van der Waals surface area contributed by atoms with Gasteiger partial charge in [-0.15, -0.1) is 0 Å². The highest BCUT2D eigenvalue weighted by Crippen LogP contribution is 2.19. The van der Waals surface area contributed by atoms with Crippen LogP contribution < -0.4 is 5.32 Å². The minimum Gasteiger partial charge on any atom is -0.313 e. The van der Waals surface area contributed by atoms with Gasteiger partial charge in [0.2, 0.25) is 0 Å². The van der Waals surface area contributed by atoms with Crippen molar-refractivity contribution < 1.29 is 8.42 Å². The Morgan fingerprint density at radius 2 is 2.24 bits per heavy atom. The van der Waals surface area contributed by atoms with Crippen LogP contribution in [0.1, 0.15) is 32.6 Å². The summed E-state index contributed by atoms with van der Waals surface area (Å²) in [6.45, 7) is 5.35. The lowest BCUT2D eigenvalue weighted by atomic mass is 10.1. The summed E-state index contributed by atoms with van der Waals surface area (Å²) in [5.74, 6) is 0.770. The van der Waals surface area contributed by atoms with Crippen LogP contribution in [0, 0.1) is 0 Å². The lowest BCUT2D eigenvalue weighted by Crippen LogP contribution is -2.43. The Hall–Kier alpha value is -0.130. The summed E-state index contributed by atoms with van der Waals surface area (Å²) in [4.78, 5) is 2.41. The van der Waals surface area contributed by atoms with E-state index in [0.717, 1.165) is 32.5 Å². The second-order valence-corrected chi connectivity index (χ2v) is 7.57. The number of hydrogen-bond donors (Lipinski definition) is 1.